The zero-order chi connectivity index (χ0) is 17.8. The number of nitrogens with zero attached hydrogens (tertiary/aromatic N) is 1. The van der Waals surface area contributed by atoms with Crippen molar-refractivity contribution in [1.29, 1.82) is 0 Å². The zero-order valence-corrected chi connectivity index (χ0v) is 17.1. The average molecular weight is 342 g/mol. The minimum atomic E-state index is 0.695. The molecule has 2 saturated carbocycles. The molecule has 1 nitrogen and oxygen atoms in total. The molecule has 0 radical (unpaired) electrons. The van der Waals surface area contributed by atoms with Gasteiger partial charge in [-0.1, -0.05) is 45.1 Å². The summed E-state index contributed by atoms with van der Waals surface area (Å²) in [7, 11) is 4.71. The van der Waals surface area contributed by atoms with Crippen LogP contribution in [-0.4, -0.2) is 25.0 Å². The molecule has 140 valence electrons. The van der Waals surface area contributed by atoms with Crippen molar-refractivity contribution >= 4 is 0 Å². The third kappa shape index (κ3) is 2.95. The van der Waals surface area contributed by atoms with E-state index in [0.29, 0.717) is 5.41 Å². The van der Waals surface area contributed by atoms with Gasteiger partial charge in [-0.3, -0.25) is 0 Å². The van der Waals surface area contributed by atoms with E-state index < -0.39 is 0 Å². The van der Waals surface area contributed by atoms with E-state index >= 15 is 0 Å². The lowest BCUT2D eigenvalue weighted by Gasteiger charge is -2.47. The molecular formula is C24H39N. The fourth-order valence-corrected chi connectivity index (χ4v) is 7.15. The maximum absolute atomic E-state index is 2.62. The predicted octanol–water partition coefficient (Wildman–Crippen LogP) is 5.78. The van der Waals surface area contributed by atoms with Crippen LogP contribution in [-0.2, 0) is 0 Å². The van der Waals surface area contributed by atoms with Gasteiger partial charge < -0.3 is 4.90 Å². The SMILES string of the molecule is CC(C)C1CC2CC2(C2CC=CC(C3CCC=CC3C)C2N(C)C)C1. The summed E-state index contributed by atoms with van der Waals surface area (Å²) in [6.07, 6.45) is 18.7. The van der Waals surface area contributed by atoms with Gasteiger partial charge >= 0.3 is 0 Å². The van der Waals surface area contributed by atoms with Gasteiger partial charge in [0.2, 0.25) is 0 Å². The van der Waals surface area contributed by atoms with Crippen LogP contribution in [0.5, 0.6) is 0 Å². The van der Waals surface area contributed by atoms with E-state index in [1.165, 1.54) is 38.5 Å². The molecule has 1 heteroatoms. The summed E-state index contributed by atoms with van der Waals surface area (Å²) in [4.78, 5) is 2.61. The molecule has 4 rings (SSSR count). The van der Waals surface area contributed by atoms with Gasteiger partial charge in [0, 0.05) is 6.04 Å². The highest BCUT2D eigenvalue weighted by Crippen LogP contribution is 2.72. The van der Waals surface area contributed by atoms with Gasteiger partial charge in [-0.25, -0.2) is 0 Å². The number of hydrogen-bond donors (Lipinski definition) is 0. The predicted molar refractivity (Wildman–Crippen MR) is 107 cm³/mol. The summed E-state index contributed by atoms with van der Waals surface area (Å²) in [6, 6.07) is 0.750. The monoisotopic (exact) mass is 341 g/mol. The van der Waals surface area contributed by atoms with Crippen LogP contribution in [0.15, 0.2) is 24.3 Å². The summed E-state index contributed by atoms with van der Waals surface area (Å²) in [5.74, 6) is 6.13. The van der Waals surface area contributed by atoms with Gasteiger partial charge in [0.25, 0.3) is 0 Å². The maximum Gasteiger partial charge on any atom is 0.0191 e. The quantitative estimate of drug-likeness (QED) is 0.586. The van der Waals surface area contributed by atoms with Crippen LogP contribution < -0.4 is 0 Å². The van der Waals surface area contributed by atoms with E-state index in [0.717, 1.165) is 47.5 Å². The Balaban J connectivity index is 1.59. The molecule has 0 spiro atoms. The first kappa shape index (κ1) is 17.8. The molecular weight excluding hydrogens is 302 g/mol. The molecule has 4 aliphatic rings. The molecule has 0 amide bonds. The second-order valence-corrected chi connectivity index (χ2v) is 10.4. The number of hydrogen-bond acceptors (Lipinski definition) is 1. The lowest BCUT2D eigenvalue weighted by Crippen LogP contribution is -2.49. The minimum absolute atomic E-state index is 0.695. The molecule has 0 aromatic heterocycles. The maximum atomic E-state index is 2.62. The summed E-state index contributed by atoms with van der Waals surface area (Å²) in [5, 5.41) is 0. The van der Waals surface area contributed by atoms with Gasteiger partial charge in [-0.15, -0.1) is 0 Å². The summed E-state index contributed by atoms with van der Waals surface area (Å²) in [6.45, 7) is 7.35. The third-order valence-electron chi connectivity index (χ3n) is 8.62. The van der Waals surface area contributed by atoms with E-state index in [2.05, 4.69) is 64.1 Å². The molecule has 0 N–H and O–H groups in total. The Morgan fingerprint density at radius 3 is 2.52 bits per heavy atom. The van der Waals surface area contributed by atoms with E-state index in [-0.39, 0.29) is 0 Å². The van der Waals surface area contributed by atoms with E-state index in [1.54, 1.807) is 0 Å². The second-order valence-electron chi connectivity index (χ2n) is 10.4. The van der Waals surface area contributed by atoms with Crippen molar-refractivity contribution in [2.75, 3.05) is 14.1 Å². The van der Waals surface area contributed by atoms with Crippen LogP contribution >= 0.6 is 0 Å². The highest BCUT2D eigenvalue weighted by atomic mass is 15.1. The van der Waals surface area contributed by atoms with E-state index in [9.17, 15) is 0 Å². The van der Waals surface area contributed by atoms with Crippen LogP contribution in [0.1, 0.15) is 59.3 Å². The fraction of sp³-hybridized carbons (Fsp3) is 0.833. The lowest BCUT2D eigenvalue weighted by atomic mass is 9.63. The van der Waals surface area contributed by atoms with Crippen LogP contribution in [0.2, 0.25) is 0 Å². The van der Waals surface area contributed by atoms with Gasteiger partial charge in [-0.05, 0) is 99.5 Å². The van der Waals surface area contributed by atoms with Crippen LogP contribution in [0.3, 0.4) is 0 Å². The zero-order valence-electron chi connectivity index (χ0n) is 17.1. The molecule has 0 saturated heterocycles. The molecule has 0 aromatic rings. The molecule has 2 fully saturated rings. The first-order chi connectivity index (χ1) is 11.9. The Morgan fingerprint density at radius 2 is 1.88 bits per heavy atom. The Morgan fingerprint density at radius 1 is 1.08 bits per heavy atom. The van der Waals surface area contributed by atoms with Crippen molar-refractivity contribution in [1.82, 2.24) is 4.90 Å². The van der Waals surface area contributed by atoms with Gasteiger partial charge in [0.15, 0.2) is 0 Å². The average Bonchev–Trinajstić information content (AvgIpc) is 3.16. The van der Waals surface area contributed by atoms with E-state index in [4.69, 9.17) is 0 Å². The van der Waals surface area contributed by atoms with Crippen molar-refractivity contribution in [2.45, 2.75) is 65.3 Å². The van der Waals surface area contributed by atoms with Gasteiger partial charge in [0.1, 0.15) is 0 Å². The van der Waals surface area contributed by atoms with Crippen molar-refractivity contribution in [3.8, 4) is 0 Å². The van der Waals surface area contributed by atoms with Crippen molar-refractivity contribution < 1.29 is 0 Å². The first-order valence-corrected chi connectivity index (χ1v) is 10.9. The Kier molecular flexibility index (Phi) is 4.67. The van der Waals surface area contributed by atoms with Gasteiger partial charge in [-0.2, -0.15) is 0 Å². The molecule has 8 atom stereocenters. The number of fused-ring (bicyclic) bond motifs is 1. The lowest BCUT2D eigenvalue weighted by molar-refractivity contribution is 0.0560. The summed E-state index contributed by atoms with van der Waals surface area (Å²) in [5.41, 5.74) is 0.695. The molecule has 0 heterocycles. The van der Waals surface area contributed by atoms with Crippen molar-refractivity contribution in [3.05, 3.63) is 24.3 Å². The van der Waals surface area contributed by atoms with Gasteiger partial charge in [0.05, 0.1) is 0 Å². The second kappa shape index (κ2) is 6.55. The highest BCUT2D eigenvalue weighted by Gasteiger charge is 2.65. The molecule has 0 aromatic carbocycles. The Hall–Kier alpha value is -0.560. The fourth-order valence-electron chi connectivity index (χ4n) is 7.15. The largest absolute Gasteiger partial charge is 0.306 e. The summed E-state index contributed by atoms with van der Waals surface area (Å²) >= 11 is 0. The molecule has 4 aliphatic carbocycles. The topological polar surface area (TPSA) is 3.24 Å². The normalized spacial score (nSPS) is 49.0. The Labute approximate surface area is 155 Å². The number of rotatable bonds is 4. The minimum Gasteiger partial charge on any atom is -0.306 e. The Bertz CT molecular complexity index is 544. The molecule has 25 heavy (non-hydrogen) atoms. The molecule has 0 aliphatic heterocycles. The third-order valence-corrected chi connectivity index (χ3v) is 8.62. The standard InChI is InChI=1S/C24H39N/c1-16(2)18-13-19-15-24(19,14-18)22-12-8-11-21(23(22)25(4)5)20-10-7-6-9-17(20)3/h6,8-9,11,16-23H,7,10,12-15H2,1-5H3. The highest BCUT2D eigenvalue weighted by molar-refractivity contribution is 5.20. The van der Waals surface area contributed by atoms with Crippen molar-refractivity contribution in [2.24, 2.45) is 46.8 Å². The van der Waals surface area contributed by atoms with Crippen molar-refractivity contribution in [3.63, 3.8) is 0 Å². The number of allylic oxidation sites excluding steroid dienone is 3. The van der Waals surface area contributed by atoms with E-state index in [1.807, 2.05) is 0 Å². The van der Waals surface area contributed by atoms with Crippen LogP contribution in [0.4, 0.5) is 0 Å². The molecule has 0 bridgehead atoms. The van der Waals surface area contributed by atoms with Crippen LogP contribution in [0.25, 0.3) is 0 Å². The smallest absolute Gasteiger partial charge is 0.0191 e. The summed E-state index contributed by atoms with van der Waals surface area (Å²) < 4.78 is 0. The van der Waals surface area contributed by atoms with Crippen LogP contribution in [0, 0.1) is 46.8 Å². The first-order valence-electron chi connectivity index (χ1n) is 10.9. The molecule has 8 unspecified atom stereocenters.